The maximum absolute atomic E-state index is 13.7. The molecule has 0 aliphatic carbocycles. The minimum Gasteiger partial charge on any atom is -0.464 e. The van der Waals surface area contributed by atoms with E-state index in [-0.39, 0.29) is 17.4 Å². The highest BCUT2D eigenvalue weighted by molar-refractivity contribution is 5.89. The lowest BCUT2D eigenvalue weighted by Crippen LogP contribution is -2.51. The van der Waals surface area contributed by atoms with E-state index in [1.165, 1.54) is 4.90 Å². The topological polar surface area (TPSA) is 99.0 Å². The number of hydrogen-bond acceptors (Lipinski definition) is 6. The van der Waals surface area contributed by atoms with Gasteiger partial charge in [0.25, 0.3) is 5.91 Å². The summed E-state index contributed by atoms with van der Waals surface area (Å²) in [7, 11) is 0. The molecule has 0 N–H and O–H groups in total. The Hall–Kier alpha value is -2.48. The van der Waals surface area contributed by atoms with Crippen molar-refractivity contribution in [1.29, 1.82) is 0 Å². The predicted molar refractivity (Wildman–Crippen MR) is 114 cm³/mol. The van der Waals surface area contributed by atoms with Gasteiger partial charge in [0.2, 0.25) is 6.04 Å². The van der Waals surface area contributed by atoms with Crippen molar-refractivity contribution in [3.05, 3.63) is 46.0 Å². The molecule has 31 heavy (non-hydrogen) atoms. The summed E-state index contributed by atoms with van der Waals surface area (Å²) in [4.78, 5) is 40.3. The van der Waals surface area contributed by atoms with Gasteiger partial charge in [0, 0.05) is 11.5 Å². The number of carbonyl (C=O) groups is 2. The molecule has 1 aromatic carbocycles. The second kappa shape index (κ2) is 9.34. The molecule has 3 rings (SSSR count). The Labute approximate surface area is 183 Å². The van der Waals surface area contributed by atoms with Crippen LogP contribution in [0.5, 0.6) is 0 Å². The standard InChI is InChI=1S/C23H32N2O6/c1-5-30-22(27)20-17(23(2,3)4)19(25(28)29)18(15-11-7-6-8-12-15)24(20)21(26)16-13-9-10-14-31-16/h6-8,11-12,16-20H,5,9-10,13-14H2,1-4H3/t16-,17?,18?,19?,20?/m1/s1. The molecule has 8 heteroatoms. The van der Waals surface area contributed by atoms with Gasteiger partial charge in [0.1, 0.15) is 18.2 Å². The van der Waals surface area contributed by atoms with E-state index >= 15 is 0 Å². The van der Waals surface area contributed by atoms with E-state index in [0.717, 1.165) is 12.8 Å². The number of benzene rings is 1. The van der Waals surface area contributed by atoms with Crippen LogP contribution >= 0.6 is 0 Å². The lowest BCUT2D eigenvalue weighted by Gasteiger charge is -2.35. The zero-order valence-electron chi connectivity index (χ0n) is 18.7. The van der Waals surface area contributed by atoms with Gasteiger partial charge in [-0.1, -0.05) is 51.1 Å². The van der Waals surface area contributed by atoms with Crippen LogP contribution in [-0.4, -0.2) is 53.1 Å². The average molecular weight is 433 g/mol. The summed E-state index contributed by atoms with van der Waals surface area (Å²) in [6.07, 6.45) is 1.54. The van der Waals surface area contributed by atoms with Crippen LogP contribution in [0, 0.1) is 21.4 Å². The van der Waals surface area contributed by atoms with Crippen molar-refractivity contribution in [1.82, 2.24) is 4.90 Å². The van der Waals surface area contributed by atoms with Crippen LogP contribution in [0.2, 0.25) is 0 Å². The molecule has 0 radical (unpaired) electrons. The van der Waals surface area contributed by atoms with Gasteiger partial charge in [-0.25, -0.2) is 4.79 Å². The van der Waals surface area contributed by atoms with Gasteiger partial charge in [-0.05, 0) is 37.2 Å². The van der Waals surface area contributed by atoms with E-state index in [1.807, 2.05) is 26.8 Å². The number of amides is 1. The molecule has 5 atom stereocenters. The van der Waals surface area contributed by atoms with Crippen LogP contribution in [0.4, 0.5) is 0 Å². The minimum atomic E-state index is -1.15. The molecule has 2 aliphatic rings. The summed E-state index contributed by atoms with van der Waals surface area (Å²) >= 11 is 0. The number of nitrogens with zero attached hydrogens (tertiary/aromatic N) is 2. The van der Waals surface area contributed by atoms with Crippen LogP contribution in [-0.2, 0) is 19.1 Å². The number of carbonyl (C=O) groups excluding carboxylic acids is 2. The predicted octanol–water partition coefficient (Wildman–Crippen LogP) is 3.38. The quantitative estimate of drug-likeness (QED) is 0.402. The molecule has 2 fully saturated rings. The lowest BCUT2D eigenvalue weighted by atomic mass is 9.73. The monoisotopic (exact) mass is 432 g/mol. The number of rotatable bonds is 5. The number of likely N-dealkylation sites (tertiary alicyclic amines) is 1. The Bertz CT molecular complexity index is 800. The average Bonchev–Trinajstić information content (AvgIpc) is 3.12. The van der Waals surface area contributed by atoms with Crippen LogP contribution in [0.1, 0.15) is 58.6 Å². The second-order valence-electron chi connectivity index (χ2n) is 9.32. The van der Waals surface area contributed by atoms with Crippen LogP contribution in [0.25, 0.3) is 0 Å². The van der Waals surface area contributed by atoms with E-state index < -0.39 is 41.5 Å². The van der Waals surface area contributed by atoms with Crippen molar-refractivity contribution in [3.8, 4) is 0 Å². The molecular weight excluding hydrogens is 400 g/mol. The summed E-state index contributed by atoms with van der Waals surface area (Å²) in [6.45, 7) is 7.89. The normalized spacial score (nSPS) is 28.9. The van der Waals surface area contributed by atoms with Crippen molar-refractivity contribution in [2.24, 2.45) is 11.3 Å². The van der Waals surface area contributed by atoms with Gasteiger partial charge < -0.3 is 14.4 Å². The Kier molecular flexibility index (Phi) is 6.99. The highest BCUT2D eigenvalue weighted by atomic mass is 16.6. The molecule has 2 heterocycles. The molecule has 8 nitrogen and oxygen atoms in total. The van der Waals surface area contributed by atoms with Crippen molar-refractivity contribution in [2.45, 2.75) is 71.2 Å². The largest absolute Gasteiger partial charge is 0.464 e. The van der Waals surface area contributed by atoms with E-state index in [0.29, 0.717) is 18.6 Å². The first-order chi connectivity index (χ1) is 14.7. The number of hydrogen-bond donors (Lipinski definition) is 0. The maximum atomic E-state index is 13.7. The first kappa shape index (κ1) is 23.2. The lowest BCUT2D eigenvalue weighted by molar-refractivity contribution is -0.536. The molecule has 0 spiro atoms. The molecule has 2 aliphatic heterocycles. The Morgan fingerprint density at radius 2 is 1.90 bits per heavy atom. The fourth-order valence-electron chi connectivity index (χ4n) is 5.00. The van der Waals surface area contributed by atoms with Gasteiger partial charge in [0.15, 0.2) is 0 Å². The second-order valence-corrected chi connectivity index (χ2v) is 9.32. The third-order valence-corrected chi connectivity index (χ3v) is 6.25. The third-order valence-electron chi connectivity index (χ3n) is 6.25. The fraction of sp³-hybridized carbons (Fsp3) is 0.652. The summed E-state index contributed by atoms with van der Waals surface area (Å²) in [5, 5.41) is 12.4. The smallest absolute Gasteiger partial charge is 0.329 e. The van der Waals surface area contributed by atoms with Gasteiger partial charge in [0.05, 0.1) is 12.5 Å². The molecule has 0 aromatic heterocycles. The summed E-state index contributed by atoms with van der Waals surface area (Å²) in [6, 6.07) is 5.86. The van der Waals surface area contributed by atoms with Crippen LogP contribution in [0.3, 0.4) is 0 Å². The minimum absolute atomic E-state index is 0.132. The SMILES string of the molecule is CCOC(=O)C1C(C(C)(C)C)C([N+](=O)[O-])C(c2ccccc2)N1C(=O)[C@H]1CCCCO1. The molecule has 2 saturated heterocycles. The van der Waals surface area contributed by atoms with Crippen LogP contribution in [0.15, 0.2) is 30.3 Å². The first-order valence-electron chi connectivity index (χ1n) is 11.0. The molecule has 1 amide bonds. The molecular formula is C23H32N2O6. The maximum Gasteiger partial charge on any atom is 0.329 e. The highest BCUT2D eigenvalue weighted by Crippen LogP contribution is 2.49. The van der Waals surface area contributed by atoms with Crippen molar-refractivity contribution >= 4 is 11.9 Å². The van der Waals surface area contributed by atoms with Gasteiger partial charge in [-0.3, -0.25) is 14.9 Å². The zero-order chi connectivity index (χ0) is 22.8. The summed E-state index contributed by atoms with van der Waals surface area (Å²) in [5.74, 6) is -1.69. The Morgan fingerprint density at radius 3 is 2.42 bits per heavy atom. The summed E-state index contributed by atoms with van der Waals surface area (Å²) in [5.41, 5.74) is 0.0133. The Balaban J connectivity index is 2.18. The van der Waals surface area contributed by atoms with Crippen molar-refractivity contribution < 1.29 is 24.0 Å². The molecule has 4 unspecified atom stereocenters. The van der Waals surface area contributed by atoms with E-state index in [2.05, 4.69) is 0 Å². The van der Waals surface area contributed by atoms with E-state index in [9.17, 15) is 19.7 Å². The first-order valence-corrected chi connectivity index (χ1v) is 11.0. The van der Waals surface area contributed by atoms with Gasteiger partial charge in [-0.2, -0.15) is 0 Å². The third kappa shape index (κ3) is 4.59. The highest BCUT2D eigenvalue weighted by Gasteiger charge is 2.64. The van der Waals surface area contributed by atoms with Crippen molar-refractivity contribution in [3.63, 3.8) is 0 Å². The number of ether oxygens (including phenoxy) is 2. The summed E-state index contributed by atoms with van der Waals surface area (Å²) < 4.78 is 11.1. The molecule has 0 bridgehead atoms. The van der Waals surface area contributed by atoms with E-state index in [4.69, 9.17) is 9.47 Å². The molecule has 170 valence electrons. The van der Waals surface area contributed by atoms with Crippen LogP contribution < -0.4 is 0 Å². The zero-order valence-corrected chi connectivity index (χ0v) is 18.7. The van der Waals surface area contributed by atoms with Gasteiger partial charge in [-0.15, -0.1) is 0 Å². The fourth-order valence-corrected chi connectivity index (χ4v) is 5.00. The van der Waals surface area contributed by atoms with Gasteiger partial charge >= 0.3 is 5.97 Å². The molecule has 0 saturated carbocycles. The number of esters is 1. The Morgan fingerprint density at radius 1 is 1.23 bits per heavy atom. The molecule has 1 aromatic rings. The van der Waals surface area contributed by atoms with Crippen molar-refractivity contribution in [2.75, 3.05) is 13.2 Å². The van der Waals surface area contributed by atoms with E-state index in [1.54, 1.807) is 31.2 Å². The number of nitro groups is 1.